The summed E-state index contributed by atoms with van der Waals surface area (Å²) in [5.74, 6) is 2.59. The smallest absolute Gasteiger partial charge is 0.0352 e. The zero-order chi connectivity index (χ0) is 9.80. The standard InChI is InChI=1S/C11H14INS/c12-9-3-5-10(6-4-9)13-11-2-1-7-14-8-11/h3-6,11,13H,1-2,7-8H2. The molecule has 2 rings (SSSR count). The molecule has 1 unspecified atom stereocenters. The Kier molecular flexibility index (Phi) is 3.99. The molecular weight excluding hydrogens is 305 g/mol. The van der Waals surface area contributed by atoms with E-state index in [2.05, 4.69) is 63.9 Å². The summed E-state index contributed by atoms with van der Waals surface area (Å²) >= 11 is 4.40. The van der Waals surface area contributed by atoms with Crippen LogP contribution in [0.3, 0.4) is 0 Å². The van der Waals surface area contributed by atoms with Gasteiger partial charge in [0.15, 0.2) is 0 Å². The summed E-state index contributed by atoms with van der Waals surface area (Å²) in [5, 5.41) is 3.58. The quantitative estimate of drug-likeness (QED) is 0.836. The molecule has 1 aromatic rings. The summed E-state index contributed by atoms with van der Waals surface area (Å²) < 4.78 is 1.30. The van der Waals surface area contributed by atoms with Crippen molar-refractivity contribution in [1.82, 2.24) is 0 Å². The van der Waals surface area contributed by atoms with Gasteiger partial charge in [0.25, 0.3) is 0 Å². The van der Waals surface area contributed by atoms with Crippen molar-refractivity contribution in [3.63, 3.8) is 0 Å². The summed E-state index contributed by atoms with van der Waals surface area (Å²) in [7, 11) is 0. The Morgan fingerprint density at radius 2 is 2.07 bits per heavy atom. The molecule has 1 saturated heterocycles. The van der Waals surface area contributed by atoms with Gasteiger partial charge >= 0.3 is 0 Å². The Balaban J connectivity index is 1.92. The lowest BCUT2D eigenvalue weighted by Crippen LogP contribution is -2.25. The van der Waals surface area contributed by atoms with Crippen molar-refractivity contribution in [3.8, 4) is 0 Å². The lowest BCUT2D eigenvalue weighted by Gasteiger charge is -2.23. The SMILES string of the molecule is Ic1ccc(NC2CCCSC2)cc1. The van der Waals surface area contributed by atoms with Gasteiger partial charge in [0.05, 0.1) is 0 Å². The lowest BCUT2D eigenvalue weighted by atomic mass is 10.2. The molecule has 0 saturated carbocycles. The van der Waals surface area contributed by atoms with E-state index < -0.39 is 0 Å². The molecule has 14 heavy (non-hydrogen) atoms. The molecule has 1 atom stereocenters. The van der Waals surface area contributed by atoms with E-state index in [0.29, 0.717) is 6.04 Å². The Morgan fingerprint density at radius 3 is 2.71 bits per heavy atom. The molecular formula is C11H14INS. The largest absolute Gasteiger partial charge is 0.381 e. The van der Waals surface area contributed by atoms with Crippen LogP contribution >= 0.6 is 34.4 Å². The maximum atomic E-state index is 3.58. The first-order chi connectivity index (χ1) is 6.84. The molecule has 0 aliphatic carbocycles. The summed E-state index contributed by atoms with van der Waals surface area (Å²) in [5.41, 5.74) is 1.26. The first-order valence-corrected chi connectivity index (χ1v) is 7.18. The molecule has 1 aromatic carbocycles. The molecule has 76 valence electrons. The molecule has 0 bridgehead atoms. The van der Waals surface area contributed by atoms with Crippen LogP contribution < -0.4 is 5.32 Å². The van der Waals surface area contributed by atoms with E-state index >= 15 is 0 Å². The number of hydrogen-bond donors (Lipinski definition) is 1. The fraction of sp³-hybridized carbons (Fsp3) is 0.455. The van der Waals surface area contributed by atoms with Crippen molar-refractivity contribution >= 4 is 40.0 Å². The normalized spacial score (nSPS) is 21.9. The van der Waals surface area contributed by atoms with Gasteiger partial charge in [-0.05, 0) is 65.5 Å². The van der Waals surface area contributed by atoms with Crippen molar-refractivity contribution in [3.05, 3.63) is 27.8 Å². The number of benzene rings is 1. The maximum Gasteiger partial charge on any atom is 0.0352 e. The molecule has 1 N–H and O–H groups in total. The van der Waals surface area contributed by atoms with E-state index in [9.17, 15) is 0 Å². The van der Waals surface area contributed by atoms with Crippen LogP contribution in [-0.2, 0) is 0 Å². The van der Waals surface area contributed by atoms with E-state index in [-0.39, 0.29) is 0 Å². The van der Waals surface area contributed by atoms with Gasteiger partial charge in [0.2, 0.25) is 0 Å². The summed E-state index contributed by atoms with van der Waals surface area (Å²) in [6, 6.07) is 9.31. The third-order valence-corrected chi connectivity index (χ3v) is 4.31. The second-order valence-electron chi connectivity index (χ2n) is 3.57. The predicted molar refractivity (Wildman–Crippen MR) is 73.1 cm³/mol. The molecule has 0 radical (unpaired) electrons. The fourth-order valence-corrected chi connectivity index (χ4v) is 3.07. The van der Waals surface area contributed by atoms with Gasteiger partial charge in [-0.2, -0.15) is 11.8 Å². The maximum absolute atomic E-state index is 3.58. The second kappa shape index (κ2) is 5.26. The highest BCUT2D eigenvalue weighted by molar-refractivity contribution is 14.1. The molecule has 0 amide bonds. The highest BCUT2D eigenvalue weighted by atomic mass is 127. The molecule has 1 nitrogen and oxygen atoms in total. The molecule has 0 aromatic heterocycles. The topological polar surface area (TPSA) is 12.0 Å². The second-order valence-corrected chi connectivity index (χ2v) is 5.96. The van der Waals surface area contributed by atoms with Crippen LogP contribution in [0, 0.1) is 3.57 Å². The van der Waals surface area contributed by atoms with Crippen LogP contribution in [0.4, 0.5) is 5.69 Å². The summed E-state index contributed by atoms with van der Waals surface area (Å²) in [6.45, 7) is 0. The monoisotopic (exact) mass is 319 g/mol. The van der Waals surface area contributed by atoms with E-state index in [4.69, 9.17) is 0 Å². The number of thioether (sulfide) groups is 1. The van der Waals surface area contributed by atoms with E-state index in [1.54, 1.807) is 0 Å². The average molecular weight is 319 g/mol. The van der Waals surface area contributed by atoms with Crippen LogP contribution in [-0.4, -0.2) is 17.5 Å². The van der Waals surface area contributed by atoms with Crippen LogP contribution in [0.25, 0.3) is 0 Å². The van der Waals surface area contributed by atoms with Gasteiger partial charge in [-0.15, -0.1) is 0 Å². The minimum Gasteiger partial charge on any atom is -0.381 e. The third-order valence-electron chi connectivity index (χ3n) is 2.38. The molecule has 1 aliphatic heterocycles. The van der Waals surface area contributed by atoms with Gasteiger partial charge in [-0.3, -0.25) is 0 Å². The number of hydrogen-bond acceptors (Lipinski definition) is 2. The Morgan fingerprint density at radius 1 is 1.29 bits per heavy atom. The Hall–Kier alpha value is 0.1000. The summed E-state index contributed by atoms with van der Waals surface area (Å²) in [6.07, 6.45) is 2.67. The molecule has 0 spiro atoms. The van der Waals surface area contributed by atoms with Crippen LogP contribution in [0.2, 0.25) is 0 Å². The Bertz CT molecular complexity index is 280. The van der Waals surface area contributed by atoms with Crippen LogP contribution in [0.1, 0.15) is 12.8 Å². The van der Waals surface area contributed by atoms with E-state index in [1.807, 2.05) is 0 Å². The average Bonchev–Trinajstić information content (AvgIpc) is 2.23. The summed E-state index contributed by atoms with van der Waals surface area (Å²) in [4.78, 5) is 0. The zero-order valence-electron chi connectivity index (χ0n) is 8.00. The lowest BCUT2D eigenvalue weighted by molar-refractivity contribution is 0.685. The van der Waals surface area contributed by atoms with Crippen LogP contribution in [0.5, 0.6) is 0 Å². The van der Waals surface area contributed by atoms with Gasteiger partial charge in [0.1, 0.15) is 0 Å². The molecule has 1 aliphatic rings. The predicted octanol–water partition coefficient (Wildman–Crippen LogP) is 3.60. The van der Waals surface area contributed by atoms with Gasteiger partial charge in [0, 0.05) is 21.1 Å². The van der Waals surface area contributed by atoms with Crippen molar-refractivity contribution in [2.75, 3.05) is 16.8 Å². The van der Waals surface area contributed by atoms with Gasteiger partial charge in [-0.1, -0.05) is 0 Å². The number of rotatable bonds is 2. The third kappa shape index (κ3) is 3.05. The first kappa shape index (κ1) is 10.6. The highest BCUT2D eigenvalue weighted by Crippen LogP contribution is 2.21. The van der Waals surface area contributed by atoms with Gasteiger partial charge < -0.3 is 5.32 Å². The molecule has 1 fully saturated rings. The Labute approximate surface area is 103 Å². The van der Waals surface area contributed by atoms with Crippen molar-refractivity contribution in [1.29, 1.82) is 0 Å². The number of halogens is 1. The molecule has 3 heteroatoms. The van der Waals surface area contributed by atoms with Crippen molar-refractivity contribution in [2.24, 2.45) is 0 Å². The van der Waals surface area contributed by atoms with E-state index in [1.165, 1.54) is 33.6 Å². The zero-order valence-corrected chi connectivity index (χ0v) is 11.0. The number of anilines is 1. The minimum atomic E-state index is 0.675. The van der Waals surface area contributed by atoms with Crippen molar-refractivity contribution in [2.45, 2.75) is 18.9 Å². The fourth-order valence-electron chi connectivity index (χ4n) is 1.64. The van der Waals surface area contributed by atoms with E-state index in [0.717, 1.165) is 0 Å². The van der Waals surface area contributed by atoms with Gasteiger partial charge in [-0.25, -0.2) is 0 Å². The first-order valence-electron chi connectivity index (χ1n) is 4.94. The van der Waals surface area contributed by atoms with Crippen LogP contribution in [0.15, 0.2) is 24.3 Å². The molecule has 1 heterocycles. The minimum absolute atomic E-state index is 0.675. The van der Waals surface area contributed by atoms with Crippen molar-refractivity contribution < 1.29 is 0 Å². The number of nitrogens with one attached hydrogen (secondary N) is 1. The highest BCUT2D eigenvalue weighted by Gasteiger charge is 2.12.